The van der Waals surface area contributed by atoms with Gasteiger partial charge in [-0.15, -0.1) is 0 Å². The second-order valence-corrected chi connectivity index (χ2v) is 5.64. The molecule has 0 radical (unpaired) electrons. The van der Waals surface area contributed by atoms with Gasteiger partial charge in [0.05, 0.1) is 5.39 Å². The minimum atomic E-state index is -0.868. The molecule has 0 aliphatic rings. The second kappa shape index (κ2) is 8.23. The van der Waals surface area contributed by atoms with Crippen LogP contribution in [0.2, 0.25) is 0 Å². The van der Waals surface area contributed by atoms with Crippen molar-refractivity contribution in [2.24, 2.45) is 0 Å². The summed E-state index contributed by atoms with van der Waals surface area (Å²) < 4.78 is 20.9. The maximum absolute atomic E-state index is 12.6. The van der Waals surface area contributed by atoms with Gasteiger partial charge >= 0.3 is 6.16 Å². The second-order valence-electron chi connectivity index (χ2n) is 5.64. The van der Waals surface area contributed by atoms with E-state index >= 15 is 0 Å². The van der Waals surface area contributed by atoms with Gasteiger partial charge in [-0.1, -0.05) is 31.7 Å². The van der Waals surface area contributed by atoms with E-state index in [-0.39, 0.29) is 29.1 Å². The van der Waals surface area contributed by atoms with Crippen LogP contribution < -0.4 is 14.9 Å². The number of carbonyl (C=O) groups excluding carboxylic acids is 1. The van der Waals surface area contributed by atoms with E-state index in [2.05, 4.69) is 13.5 Å². The molecular weight excluding hydrogens is 348 g/mol. The fraction of sp³-hybridized carbons (Fsp3) is 0.143. The molecule has 2 aromatic carbocycles. The Labute approximate surface area is 155 Å². The van der Waals surface area contributed by atoms with E-state index in [1.165, 1.54) is 36.1 Å². The van der Waals surface area contributed by atoms with Crippen LogP contribution in [0.25, 0.3) is 11.0 Å². The van der Waals surface area contributed by atoms with Crippen LogP contribution in [0.3, 0.4) is 0 Å². The number of aryl methyl sites for hydroxylation is 1. The SMILES string of the molecule is C=CCOC(=O)Oc1ccc2c(=O)c(Oc3ccc(CC)cc3)coc2c1. The van der Waals surface area contributed by atoms with Crippen LogP contribution in [0.5, 0.6) is 17.2 Å². The van der Waals surface area contributed by atoms with Crippen molar-refractivity contribution in [2.75, 3.05) is 6.61 Å². The third-order valence-corrected chi connectivity index (χ3v) is 3.79. The smallest absolute Gasteiger partial charge is 0.460 e. The van der Waals surface area contributed by atoms with E-state index < -0.39 is 6.16 Å². The molecule has 1 aromatic heterocycles. The summed E-state index contributed by atoms with van der Waals surface area (Å²) in [5, 5.41) is 0.310. The third kappa shape index (κ3) is 4.36. The number of hydrogen-bond donors (Lipinski definition) is 0. The molecule has 1 heterocycles. The molecule has 0 saturated carbocycles. The first-order valence-corrected chi connectivity index (χ1v) is 8.38. The molecule has 0 bridgehead atoms. The van der Waals surface area contributed by atoms with E-state index in [0.717, 1.165) is 6.42 Å². The van der Waals surface area contributed by atoms with Crippen LogP contribution in [-0.2, 0) is 11.2 Å². The van der Waals surface area contributed by atoms with Gasteiger partial charge in [-0.25, -0.2) is 4.79 Å². The molecule has 0 unspecified atom stereocenters. The molecule has 138 valence electrons. The Kier molecular flexibility index (Phi) is 5.56. The van der Waals surface area contributed by atoms with Crippen molar-refractivity contribution in [1.82, 2.24) is 0 Å². The molecule has 0 aliphatic heterocycles. The maximum Gasteiger partial charge on any atom is 0.514 e. The van der Waals surface area contributed by atoms with Gasteiger partial charge in [-0.2, -0.15) is 0 Å². The highest BCUT2D eigenvalue weighted by molar-refractivity contribution is 5.80. The Hall–Kier alpha value is -3.54. The Morgan fingerprint density at radius 2 is 1.89 bits per heavy atom. The summed E-state index contributed by atoms with van der Waals surface area (Å²) in [6, 6.07) is 11.9. The van der Waals surface area contributed by atoms with Gasteiger partial charge in [0.1, 0.15) is 30.0 Å². The summed E-state index contributed by atoms with van der Waals surface area (Å²) in [6.07, 6.45) is 2.72. The Balaban J connectivity index is 1.82. The van der Waals surface area contributed by atoms with Crippen LogP contribution >= 0.6 is 0 Å². The number of hydrogen-bond acceptors (Lipinski definition) is 6. The Morgan fingerprint density at radius 3 is 2.59 bits per heavy atom. The first kappa shape index (κ1) is 18.3. The zero-order valence-electron chi connectivity index (χ0n) is 14.8. The van der Waals surface area contributed by atoms with Gasteiger partial charge < -0.3 is 18.6 Å². The fourth-order valence-corrected chi connectivity index (χ4v) is 2.40. The van der Waals surface area contributed by atoms with Crippen molar-refractivity contribution in [3.63, 3.8) is 0 Å². The largest absolute Gasteiger partial charge is 0.514 e. The van der Waals surface area contributed by atoms with Crippen LogP contribution in [0.1, 0.15) is 12.5 Å². The van der Waals surface area contributed by atoms with E-state index in [1.54, 1.807) is 12.1 Å². The molecule has 0 N–H and O–H groups in total. The van der Waals surface area contributed by atoms with Crippen molar-refractivity contribution in [2.45, 2.75) is 13.3 Å². The highest BCUT2D eigenvalue weighted by Gasteiger charge is 2.12. The summed E-state index contributed by atoms with van der Waals surface area (Å²) in [5.74, 6) is 0.818. The van der Waals surface area contributed by atoms with Gasteiger partial charge in [-0.3, -0.25) is 4.79 Å². The van der Waals surface area contributed by atoms with Crippen molar-refractivity contribution in [1.29, 1.82) is 0 Å². The average Bonchev–Trinajstić information content (AvgIpc) is 2.69. The van der Waals surface area contributed by atoms with Crippen LogP contribution in [0.15, 0.2) is 70.6 Å². The minimum Gasteiger partial charge on any atom is -0.460 e. The predicted molar refractivity (Wildman–Crippen MR) is 101 cm³/mol. The molecule has 6 heteroatoms. The monoisotopic (exact) mass is 366 g/mol. The highest BCUT2D eigenvalue weighted by atomic mass is 16.7. The highest BCUT2D eigenvalue weighted by Crippen LogP contribution is 2.24. The van der Waals surface area contributed by atoms with E-state index in [1.807, 2.05) is 12.1 Å². The zero-order valence-corrected chi connectivity index (χ0v) is 14.8. The lowest BCUT2D eigenvalue weighted by Crippen LogP contribution is -2.10. The summed E-state index contributed by atoms with van der Waals surface area (Å²) in [4.78, 5) is 24.1. The molecule has 3 aromatic rings. The van der Waals surface area contributed by atoms with Crippen molar-refractivity contribution in [3.8, 4) is 17.2 Å². The number of carbonyl (C=O) groups is 1. The number of benzene rings is 2. The van der Waals surface area contributed by atoms with Gasteiger partial charge in [0, 0.05) is 6.07 Å². The molecule has 3 rings (SSSR count). The lowest BCUT2D eigenvalue weighted by Gasteiger charge is -2.07. The molecule has 0 saturated heterocycles. The van der Waals surface area contributed by atoms with Gasteiger partial charge in [0.25, 0.3) is 0 Å². The maximum atomic E-state index is 12.6. The van der Waals surface area contributed by atoms with Crippen LogP contribution in [0, 0.1) is 0 Å². The third-order valence-electron chi connectivity index (χ3n) is 3.79. The van der Waals surface area contributed by atoms with Gasteiger partial charge in [-0.05, 0) is 36.2 Å². The zero-order chi connectivity index (χ0) is 19.2. The standard InChI is InChI=1S/C21H18O6/c1-3-11-24-21(23)27-16-9-10-17-18(12-16)25-13-19(20(17)22)26-15-7-5-14(4-2)6-8-15/h3,5-10,12-13H,1,4,11H2,2H3. The lowest BCUT2D eigenvalue weighted by molar-refractivity contribution is 0.109. The minimum absolute atomic E-state index is 0.0431. The molecule has 0 atom stereocenters. The number of ether oxygens (including phenoxy) is 3. The summed E-state index contributed by atoms with van der Waals surface area (Å²) in [6.45, 7) is 5.55. The topological polar surface area (TPSA) is 75.0 Å². The molecule has 0 spiro atoms. The first-order valence-electron chi connectivity index (χ1n) is 8.38. The van der Waals surface area contributed by atoms with Gasteiger partial charge in [0.2, 0.25) is 11.2 Å². The predicted octanol–water partition coefficient (Wildman–Crippen LogP) is 4.85. The van der Waals surface area contributed by atoms with E-state index in [0.29, 0.717) is 11.1 Å². The molecule has 0 aliphatic carbocycles. The van der Waals surface area contributed by atoms with Crippen LogP contribution in [-0.4, -0.2) is 12.8 Å². The first-order chi connectivity index (χ1) is 13.1. The van der Waals surface area contributed by atoms with Gasteiger partial charge in [0.15, 0.2) is 0 Å². The average molecular weight is 366 g/mol. The van der Waals surface area contributed by atoms with E-state index in [9.17, 15) is 9.59 Å². The molecule has 6 nitrogen and oxygen atoms in total. The molecule has 0 fully saturated rings. The van der Waals surface area contributed by atoms with E-state index in [4.69, 9.17) is 18.6 Å². The number of fused-ring (bicyclic) bond motifs is 1. The normalized spacial score (nSPS) is 10.4. The summed E-state index contributed by atoms with van der Waals surface area (Å²) in [5.41, 5.74) is 1.12. The summed E-state index contributed by atoms with van der Waals surface area (Å²) >= 11 is 0. The van der Waals surface area contributed by atoms with Crippen molar-refractivity contribution >= 4 is 17.1 Å². The fourth-order valence-electron chi connectivity index (χ4n) is 2.40. The van der Waals surface area contributed by atoms with Crippen molar-refractivity contribution < 1.29 is 23.4 Å². The Bertz CT molecular complexity index is 1020. The molecule has 27 heavy (non-hydrogen) atoms. The molecular formula is C21H18O6. The lowest BCUT2D eigenvalue weighted by atomic mass is 10.2. The number of rotatable bonds is 6. The van der Waals surface area contributed by atoms with Crippen molar-refractivity contribution in [3.05, 3.63) is 77.2 Å². The molecule has 0 amide bonds. The Morgan fingerprint density at radius 1 is 1.15 bits per heavy atom. The summed E-state index contributed by atoms with van der Waals surface area (Å²) in [7, 11) is 0. The van der Waals surface area contributed by atoms with Crippen LogP contribution in [0.4, 0.5) is 4.79 Å². The quantitative estimate of drug-likeness (QED) is 0.353.